The minimum absolute atomic E-state index is 0.105. The van der Waals surface area contributed by atoms with Crippen molar-refractivity contribution in [1.82, 2.24) is 30.2 Å². The van der Waals surface area contributed by atoms with Gasteiger partial charge in [-0.05, 0) is 17.7 Å². The van der Waals surface area contributed by atoms with Crippen LogP contribution in [0, 0.1) is 0 Å². The van der Waals surface area contributed by atoms with Crippen LogP contribution in [-0.2, 0) is 6.54 Å². The Morgan fingerprint density at radius 2 is 1.73 bits per heavy atom. The molecular weight excluding hydrogens is 384 g/mol. The maximum absolute atomic E-state index is 13.3. The van der Waals surface area contributed by atoms with Gasteiger partial charge in [0, 0.05) is 23.7 Å². The fraction of sp³-hybridized carbons (Fsp3) is 0.286. The molecule has 0 atom stereocenters. The Labute approximate surface area is 172 Å². The summed E-state index contributed by atoms with van der Waals surface area (Å²) in [5.74, 6) is 2.14. The Morgan fingerprint density at radius 1 is 1.03 bits per heavy atom. The van der Waals surface area contributed by atoms with Gasteiger partial charge in [-0.25, -0.2) is 4.98 Å². The molecule has 0 amide bonds. The van der Waals surface area contributed by atoms with Crippen LogP contribution >= 0.6 is 0 Å². The molecule has 2 aromatic heterocycles. The molecule has 1 N–H and O–H groups in total. The molecule has 9 heteroatoms. The molecule has 30 heavy (non-hydrogen) atoms. The average Bonchev–Trinajstić information content (AvgIpc) is 3.32. The molecule has 0 fully saturated rings. The summed E-state index contributed by atoms with van der Waals surface area (Å²) < 4.78 is 12.5. The summed E-state index contributed by atoms with van der Waals surface area (Å²) in [5, 5.41) is 14.5. The third kappa shape index (κ3) is 3.49. The number of tetrazole rings is 1. The van der Waals surface area contributed by atoms with Gasteiger partial charge in [0.05, 0.1) is 25.1 Å². The second kappa shape index (κ2) is 8.32. The summed E-state index contributed by atoms with van der Waals surface area (Å²) in [6.07, 6.45) is 1.83. The zero-order valence-corrected chi connectivity index (χ0v) is 17.0. The van der Waals surface area contributed by atoms with Gasteiger partial charge in [0.15, 0.2) is 11.5 Å². The van der Waals surface area contributed by atoms with Crippen LogP contribution in [0.2, 0.25) is 0 Å². The van der Waals surface area contributed by atoms with Crippen LogP contribution < -0.4 is 15.0 Å². The van der Waals surface area contributed by atoms with E-state index in [9.17, 15) is 4.79 Å². The standard InChI is InChI=1S/C21H22N6O3/c1-4-5-10-27-20(14-8-6-13(7-9-14)19-23-25-26-24-19)22-16-12-18(30-3)17(29-2)11-15(16)21(27)28/h6-9,11-12H,4-5,10H2,1-3H3,(H,23,24,25,26). The van der Waals surface area contributed by atoms with E-state index < -0.39 is 0 Å². The number of methoxy groups -OCH3 is 2. The first-order valence-corrected chi connectivity index (χ1v) is 9.67. The van der Waals surface area contributed by atoms with Gasteiger partial charge < -0.3 is 9.47 Å². The normalized spacial score (nSPS) is 11.0. The fourth-order valence-corrected chi connectivity index (χ4v) is 3.34. The molecule has 4 aromatic rings. The van der Waals surface area contributed by atoms with E-state index in [1.54, 1.807) is 30.9 Å². The maximum atomic E-state index is 13.3. The molecule has 0 bridgehead atoms. The summed E-state index contributed by atoms with van der Waals surface area (Å²) in [6, 6.07) is 11.0. The summed E-state index contributed by atoms with van der Waals surface area (Å²) in [6.45, 7) is 2.67. The molecule has 4 rings (SSSR count). The number of nitrogens with zero attached hydrogens (tertiary/aromatic N) is 5. The first-order valence-electron chi connectivity index (χ1n) is 9.67. The van der Waals surface area contributed by atoms with E-state index in [2.05, 4.69) is 27.5 Å². The summed E-state index contributed by atoms with van der Waals surface area (Å²) in [5.41, 5.74) is 2.10. The van der Waals surface area contributed by atoms with Crippen LogP contribution in [0.3, 0.4) is 0 Å². The van der Waals surface area contributed by atoms with E-state index >= 15 is 0 Å². The van der Waals surface area contributed by atoms with Crippen molar-refractivity contribution >= 4 is 10.9 Å². The topological polar surface area (TPSA) is 108 Å². The number of aromatic nitrogens is 6. The number of benzene rings is 2. The number of hydrogen-bond acceptors (Lipinski definition) is 7. The molecule has 0 saturated carbocycles. The van der Waals surface area contributed by atoms with Crippen molar-refractivity contribution in [3.05, 3.63) is 46.8 Å². The lowest BCUT2D eigenvalue weighted by Gasteiger charge is -2.15. The molecule has 0 radical (unpaired) electrons. The minimum Gasteiger partial charge on any atom is -0.493 e. The Kier molecular flexibility index (Phi) is 5.42. The zero-order valence-electron chi connectivity index (χ0n) is 17.0. The molecule has 0 unspecified atom stereocenters. The number of rotatable bonds is 7. The summed E-state index contributed by atoms with van der Waals surface area (Å²) in [4.78, 5) is 18.2. The van der Waals surface area contributed by atoms with Gasteiger partial charge in [0.25, 0.3) is 5.56 Å². The molecular formula is C21H22N6O3. The van der Waals surface area contributed by atoms with Crippen molar-refractivity contribution in [2.75, 3.05) is 14.2 Å². The van der Waals surface area contributed by atoms with Gasteiger partial charge in [0.2, 0.25) is 5.82 Å². The minimum atomic E-state index is -0.105. The first kappa shape index (κ1) is 19.6. The van der Waals surface area contributed by atoms with Crippen LogP contribution in [0.1, 0.15) is 19.8 Å². The summed E-state index contributed by atoms with van der Waals surface area (Å²) >= 11 is 0. The molecule has 0 spiro atoms. The molecule has 154 valence electrons. The fourth-order valence-electron chi connectivity index (χ4n) is 3.34. The van der Waals surface area contributed by atoms with Crippen LogP contribution in [0.15, 0.2) is 41.2 Å². The number of unbranched alkanes of at least 4 members (excludes halogenated alkanes) is 1. The Hall–Kier alpha value is -3.75. The van der Waals surface area contributed by atoms with E-state index in [4.69, 9.17) is 14.5 Å². The van der Waals surface area contributed by atoms with Crippen molar-refractivity contribution in [3.8, 4) is 34.3 Å². The predicted octanol–water partition coefficient (Wildman–Crippen LogP) is 3.06. The highest BCUT2D eigenvalue weighted by Gasteiger charge is 2.16. The van der Waals surface area contributed by atoms with Gasteiger partial charge >= 0.3 is 0 Å². The van der Waals surface area contributed by atoms with Crippen molar-refractivity contribution in [2.45, 2.75) is 26.3 Å². The Balaban J connectivity index is 1.89. The molecule has 0 saturated heterocycles. The van der Waals surface area contributed by atoms with Crippen LogP contribution in [0.5, 0.6) is 11.5 Å². The van der Waals surface area contributed by atoms with E-state index in [-0.39, 0.29) is 5.56 Å². The van der Waals surface area contributed by atoms with Crippen molar-refractivity contribution < 1.29 is 9.47 Å². The van der Waals surface area contributed by atoms with E-state index in [1.165, 1.54) is 0 Å². The van der Waals surface area contributed by atoms with Crippen molar-refractivity contribution in [3.63, 3.8) is 0 Å². The number of H-pyrrole nitrogens is 1. The molecule has 9 nitrogen and oxygen atoms in total. The van der Waals surface area contributed by atoms with E-state index in [1.807, 2.05) is 24.3 Å². The average molecular weight is 406 g/mol. The highest BCUT2D eigenvalue weighted by Crippen LogP contribution is 2.31. The number of nitrogens with one attached hydrogen (secondary N) is 1. The lowest BCUT2D eigenvalue weighted by atomic mass is 10.1. The highest BCUT2D eigenvalue weighted by atomic mass is 16.5. The number of hydrogen-bond donors (Lipinski definition) is 1. The van der Waals surface area contributed by atoms with E-state index in [0.717, 1.165) is 24.0 Å². The second-order valence-corrected chi connectivity index (χ2v) is 6.78. The van der Waals surface area contributed by atoms with Crippen LogP contribution in [-0.4, -0.2) is 44.4 Å². The Morgan fingerprint density at radius 3 is 2.37 bits per heavy atom. The monoisotopic (exact) mass is 406 g/mol. The lowest BCUT2D eigenvalue weighted by Crippen LogP contribution is -2.23. The molecule has 0 aliphatic heterocycles. The maximum Gasteiger partial charge on any atom is 0.261 e. The predicted molar refractivity (Wildman–Crippen MR) is 113 cm³/mol. The number of aromatic amines is 1. The number of ether oxygens (including phenoxy) is 2. The van der Waals surface area contributed by atoms with Crippen LogP contribution in [0.4, 0.5) is 0 Å². The van der Waals surface area contributed by atoms with E-state index in [0.29, 0.717) is 40.6 Å². The Bertz CT molecular complexity index is 1220. The smallest absolute Gasteiger partial charge is 0.261 e. The van der Waals surface area contributed by atoms with Gasteiger partial charge in [-0.1, -0.05) is 37.6 Å². The highest BCUT2D eigenvalue weighted by molar-refractivity contribution is 5.83. The molecule has 2 heterocycles. The third-order valence-electron chi connectivity index (χ3n) is 4.94. The van der Waals surface area contributed by atoms with Crippen molar-refractivity contribution in [2.24, 2.45) is 0 Å². The second-order valence-electron chi connectivity index (χ2n) is 6.78. The van der Waals surface area contributed by atoms with Gasteiger partial charge in [-0.2, -0.15) is 5.21 Å². The summed E-state index contributed by atoms with van der Waals surface area (Å²) in [7, 11) is 3.11. The van der Waals surface area contributed by atoms with Gasteiger partial charge in [-0.15, -0.1) is 10.2 Å². The molecule has 0 aliphatic carbocycles. The number of fused-ring (bicyclic) bond motifs is 1. The molecule has 2 aromatic carbocycles. The van der Waals surface area contributed by atoms with Crippen molar-refractivity contribution in [1.29, 1.82) is 0 Å². The zero-order chi connectivity index (χ0) is 21.1. The SMILES string of the molecule is CCCCn1c(-c2ccc(-c3nn[nH]n3)cc2)nc2cc(OC)c(OC)cc2c1=O. The quantitative estimate of drug-likeness (QED) is 0.502. The van der Waals surface area contributed by atoms with Crippen LogP contribution in [0.25, 0.3) is 33.7 Å². The lowest BCUT2D eigenvalue weighted by molar-refractivity contribution is 0.355. The van der Waals surface area contributed by atoms with Gasteiger partial charge in [-0.3, -0.25) is 9.36 Å². The molecule has 0 aliphatic rings. The van der Waals surface area contributed by atoms with Gasteiger partial charge in [0.1, 0.15) is 5.82 Å². The first-order chi connectivity index (χ1) is 14.7. The largest absolute Gasteiger partial charge is 0.493 e. The third-order valence-corrected chi connectivity index (χ3v) is 4.94.